The lowest BCUT2D eigenvalue weighted by molar-refractivity contribution is -0.151. The van der Waals surface area contributed by atoms with E-state index in [1.165, 1.54) is 83.5 Å². The fourth-order valence-electron chi connectivity index (χ4n) is 12.9. The number of ether oxygens (including phenoxy) is 3. The van der Waals surface area contributed by atoms with Gasteiger partial charge < -0.3 is 14.2 Å². The Morgan fingerprint density at radius 3 is 2.18 bits per heavy atom. The summed E-state index contributed by atoms with van der Waals surface area (Å²) < 4.78 is 18.1. The van der Waals surface area contributed by atoms with Gasteiger partial charge >= 0.3 is 5.97 Å². The quantitative estimate of drug-likeness (QED) is 0.0484. The number of nitrogens with zero attached hydrogens (tertiary/aromatic N) is 1. The molecule has 5 nitrogen and oxygen atoms in total. The van der Waals surface area contributed by atoms with Gasteiger partial charge in [-0.05, 0) is 183 Å². The van der Waals surface area contributed by atoms with Crippen LogP contribution >= 0.6 is 0 Å². The molecule has 62 heavy (non-hydrogen) atoms. The van der Waals surface area contributed by atoms with Crippen LogP contribution in [-0.4, -0.2) is 31.5 Å². The number of hydrogen-bond donors (Lipinski definition) is 0. The molecule has 0 radical (unpaired) electrons. The molecule has 0 amide bonds. The highest BCUT2D eigenvalue weighted by molar-refractivity contribution is 5.82. The van der Waals surface area contributed by atoms with Crippen LogP contribution in [0, 0.1) is 52.3 Å². The summed E-state index contributed by atoms with van der Waals surface area (Å²) in [6.07, 6.45) is 37.0. The first-order valence-electron chi connectivity index (χ1n) is 25.3. The fourth-order valence-corrected chi connectivity index (χ4v) is 12.9. The van der Waals surface area contributed by atoms with Gasteiger partial charge in [-0.3, -0.25) is 9.79 Å². The Balaban J connectivity index is 0.745. The number of benzene rings is 2. The van der Waals surface area contributed by atoms with Gasteiger partial charge in [-0.2, -0.15) is 0 Å². The van der Waals surface area contributed by atoms with Gasteiger partial charge in [-0.15, -0.1) is 0 Å². The van der Waals surface area contributed by atoms with Gasteiger partial charge in [0.05, 0.1) is 18.9 Å². The van der Waals surface area contributed by atoms with E-state index in [0.29, 0.717) is 24.4 Å². The zero-order valence-corrected chi connectivity index (χ0v) is 39.3. The van der Waals surface area contributed by atoms with Crippen molar-refractivity contribution in [3.05, 3.63) is 90.0 Å². The van der Waals surface area contributed by atoms with Crippen molar-refractivity contribution in [3.8, 4) is 11.5 Å². The van der Waals surface area contributed by atoms with Crippen LogP contribution in [0.5, 0.6) is 11.5 Å². The normalized spacial score (nSPS) is 28.4. The SMILES string of the molecule is CC(C)CCC[C@@H](C)[C@H]1CC[C@H]2[C@@H]3CC=C4C[C@@H](OC(=O)CCCCCOc5ccc(N=Cc6ccc(OCCCCCCC7C=CC=C7)cc6)cc5)CC[C@]4(C)[C@H]3CC[C@]12C. The van der Waals surface area contributed by atoms with E-state index in [9.17, 15) is 4.79 Å². The number of carbonyl (C=O) groups excluding carboxylic acids is 1. The highest BCUT2D eigenvalue weighted by Crippen LogP contribution is 2.67. The standard InChI is InChI=1S/C57H81NO4/c1-42(2)16-15-17-43(3)52-32-33-53-51-31-24-46-40-50(34-36-56(46,4)54(51)35-37-57(52,53)5)62-55(59)21-10-8-14-39-61-49-29-25-47(26-30-49)58-41-45-22-27-48(28-23-45)60-38-13-7-6-9-18-44-19-11-12-20-44/h11-12,19-20,22-30,41-44,50-54H,6-10,13-18,21,31-40H2,1-5H3/t43-,50+,51+,52-,53+,54+,56+,57-/m1/s1. The summed E-state index contributed by atoms with van der Waals surface area (Å²) in [5.74, 6) is 7.48. The van der Waals surface area contributed by atoms with Gasteiger partial charge in [0.2, 0.25) is 0 Å². The summed E-state index contributed by atoms with van der Waals surface area (Å²) in [5.41, 5.74) is 4.34. The van der Waals surface area contributed by atoms with Crippen LogP contribution < -0.4 is 9.47 Å². The Kier molecular flexibility index (Phi) is 16.7. The maximum Gasteiger partial charge on any atom is 0.306 e. The van der Waals surface area contributed by atoms with Crippen LogP contribution in [0.25, 0.3) is 0 Å². The van der Waals surface area contributed by atoms with E-state index in [1.54, 1.807) is 5.57 Å². The number of esters is 1. The first kappa shape index (κ1) is 46.4. The predicted molar refractivity (Wildman–Crippen MR) is 257 cm³/mol. The van der Waals surface area contributed by atoms with Gasteiger partial charge in [0.15, 0.2) is 0 Å². The number of rotatable bonds is 23. The maximum atomic E-state index is 13.0. The molecule has 0 saturated heterocycles. The molecule has 5 aliphatic rings. The molecule has 338 valence electrons. The van der Waals surface area contributed by atoms with Crippen molar-refractivity contribution in [1.82, 2.24) is 0 Å². The molecule has 0 bridgehead atoms. The number of hydrogen-bond acceptors (Lipinski definition) is 5. The lowest BCUT2D eigenvalue weighted by Crippen LogP contribution is -2.51. The molecular weight excluding hydrogens is 763 g/mol. The smallest absolute Gasteiger partial charge is 0.306 e. The van der Waals surface area contributed by atoms with Gasteiger partial charge in [-0.1, -0.05) is 109 Å². The topological polar surface area (TPSA) is 57.1 Å². The molecule has 7 rings (SSSR count). The molecule has 5 heteroatoms. The highest BCUT2D eigenvalue weighted by atomic mass is 16.5. The third-order valence-electron chi connectivity index (χ3n) is 16.5. The molecule has 2 aromatic carbocycles. The van der Waals surface area contributed by atoms with Gasteiger partial charge in [0, 0.05) is 19.1 Å². The molecule has 3 fully saturated rings. The van der Waals surface area contributed by atoms with Crippen molar-refractivity contribution in [2.75, 3.05) is 13.2 Å². The van der Waals surface area contributed by atoms with Crippen molar-refractivity contribution in [2.45, 2.75) is 169 Å². The Morgan fingerprint density at radius 1 is 0.758 bits per heavy atom. The minimum absolute atomic E-state index is 0.0237. The second kappa shape index (κ2) is 22.3. The lowest BCUT2D eigenvalue weighted by Gasteiger charge is -2.58. The average molecular weight is 844 g/mol. The van der Waals surface area contributed by atoms with E-state index in [0.717, 1.165) is 103 Å². The predicted octanol–water partition coefficient (Wildman–Crippen LogP) is 15.4. The average Bonchev–Trinajstić information content (AvgIpc) is 3.92. The zero-order valence-electron chi connectivity index (χ0n) is 39.3. The van der Waals surface area contributed by atoms with E-state index in [4.69, 9.17) is 14.2 Å². The molecule has 2 aromatic rings. The second-order valence-corrected chi connectivity index (χ2v) is 21.1. The van der Waals surface area contributed by atoms with Crippen molar-refractivity contribution in [3.63, 3.8) is 0 Å². The monoisotopic (exact) mass is 844 g/mol. The molecule has 0 aromatic heterocycles. The Bertz CT molecular complexity index is 1810. The van der Waals surface area contributed by atoms with E-state index < -0.39 is 0 Å². The maximum absolute atomic E-state index is 13.0. The number of unbranched alkanes of at least 4 members (excludes halogenated alkanes) is 5. The molecule has 5 aliphatic carbocycles. The summed E-state index contributed by atoms with van der Waals surface area (Å²) >= 11 is 0. The molecule has 8 atom stereocenters. The first-order valence-corrected chi connectivity index (χ1v) is 25.3. The number of carbonyl (C=O) groups is 1. The molecule has 0 aliphatic heterocycles. The van der Waals surface area contributed by atoms with Crippen LogP contribution in [0.15, 0.2) is 89.5 Å². The van der Waals surface area contributed by atoms with Crippen molar-refractivity contribution in [1.29, 1.82) is 0 Å². The zero-order chi connectivity index (χ0) is 43.4. The third kappa shape index (κ3) is 12.1. The molecule has 3 saturated carbocycles. The highest BCUT2D eigenvalue weighted by Gasteiger charge is 2.59. The van der Waals surface area contributed by atoms with Crippen molar-refractivity contribution < 1.29 is 19.0 Å². The largest absolute Gasteiger partial charge is 0.494 e. The molecule has 0 spiro atoms. The van der Waals surface area contributed by atoms with E-state index in [-0.39, 0.29) is 17.5 Å². The minimum Gasteiger partial charge on any atom is -0.494 e. The molecule has 0 unspecified atom stereocenters. The van der Waals surface area contributed by atoms with E-state index in [1.807, 2.05) is 42.6 Å². The van der Waals surface area contributed by atoms with Crippen LogP contribution in [0.2, 0.25) is 0 Å². The summed E-state index contributed by atoms with van der Waals surface area (Å²) in [6, 6.07) is 16.1. The van der Waals surface area contributed by atoms with Gasteiger partial charge in [0.25, 0.3) is 0 Å². The second-order valence-electron chi connectivity index (χ2n) is 21.1. The molecule has 0 N–H and O–H groups in total. The van der Waals surface area contributed by atoms with Crippen molar-refractivity contribution >= 4 is 17.9 Å². The third-order valence-corrected chi connectivity index (χ3v) is 16.5. The van der Waals surface area contributed by atoms with E-state index >= 15 is 0 Å². The Labute approximate surface area is 376 Å². The fraction of sp³-hybridized carbons (Fsp3) is 0.649. The van der Waals surface area contributed by atoms with Gasteiger partial charge in [0.1, 0.15) is 17.6 Å². The Hall–Kier alpha value is -3.60. The number of fused-ring (bicyclic) bond motifs is 5. The van der Waals surface area contributed by atoms with Gasteiger partial charge in [-0.25, -0.2) is 0 Å². The summed E-state index contributed by atoms with van der Waals surface area (Å²) in [6.45, 7) is 14.0. The lowest BCUT2D eigenvalue weighted by atomic mass is 9.47. The van der Waals surface area contributed by atoms with Crippen LogP contribution in [0.1, 0.15) is 169 Å². The van der Waals surface area contributed by atoms with Crippen LogP contribution in [0.4, 0.5) is 5.69 Å². The summed E-state index contributed by atoms with van der Waals surface area (Å²) in [5, 5.41) is 0. The minimum atomic E-state index is -0.0237. The first-order chi connectivity index (χ1) is 30.1. The van der Waals surface area contributed by atoms with E-state index in [2.05, 4.69) is 82.1 Å². The Morgan fingerprint density at radius 2 is 1.45 bits per heavy atom. The molecule has 0 heterocycles. The van der Waals surface area contributed by atoms with Crippen molar-refractivity contribution in [2.24, 2.45) is 57.2 Å². The summed E-state index contributed by atoms with van der Waals surface area (Å²) in [4.78, 5) is 17.6. The summed E-state index contributed by atoms with van der Waals surface area (Å²) in [7, 11) is 0. The number of allylic oxidation sites excluding steroid dienone is 5. The van der Waals surface area contributed by atoms with Crippen LogP contribution in [-0.2, 0) is 9.53 Å². The van der Waals surface area contributed by atoms with Crippen LogP contribution in [0.3, 0.4) is 0 Å². The molecular formula is C57H81NO4. The number of aliphatic imine (C=N–C) groups is 1.